The van der Waals surface area contributed by atoms with Gasteiger partial charge in [-0.2, -0.15) is 0 Å². The molecule has 0 bridgehead atoms. The first-order chi connectivity index (χ1) is 8.42. The molecule has 0 saturated carbocycles. The molecule has 1 aromatic heterocycles. The van der Waals surface area contributed by atoms with Crippen molar-refractivity contribution in [1.82, 2.24) is 5.32 Å². The van der Waals surface area contributed by atoms with Gasteiger partial charge in [0.05, 0.1) is 0 Å². The lowest BCUT2D eigenvalue weighted by molar-refractivity contribution is 0.455. The van der Waals surface area contributed by atoms with Gasteiger partial charge >= 0.3 is 0 Å². The van der Waals surface area contributed by atoms with Gasteiger partial charge in [0.1, 0.15) is 0 Å². The SMILES string of the molecule is C(=C\C1CCCCN1)/c1cc2ccccc2s1. The van der Waals surface area contributed by atoms with E-state index in [1.165, 1.54) is 40.8 Å². The average Bonchev–Trinajstić information content (AvgIpc) is 2.80. The first-order valence-corrected chi connectivity index (χ1v) is 7.14. The van der Waals surface area contributed by atoms with Crippen LogP contribution in [0.15, 0.2) is 36.4 Å². The highest BCUT2D eigenvalue weighted by Crippen LogP contribution is 2.26. The third kappa shape index (κ3) is 2.59. The van der Waals surface area contributed by atoms with E-state index in [2.05, 4.69) is 47.8 Å². The summed E-state index contributed by atoms with van der Waals surface area (Å²) in [6.07, 6.45) is 8.56. The number of hydrogen-bond acceptors (Lipinski definition) is 2. The first kappa shape index (κ1) is 11.0. The summed E-state index contributed by atoms with van der Waals surface area (Å²) in [7, 11) is 0. The van der Waals surface area contributed by atoms with Gasteiger partial charge in [-0.05, 0) is 43.0 Å². The second-order valence-corrected chi connectivity index (χ2v) is 5.72. The quantitative estimate of drug-likeness (QED) is 0.839. The molecule has 17 heavy (non-hydrogen) atoms. The largest absolute Gasteiger partial charge is 0.311 e. The van der Waals surface area contributed by atoms with Crippen LogP contribution in [0.3, 0.4) is 0 Å². The zero-order valence-corrected chi connectivity index (χ0v) is 10.7. The van der Waals surface area contributed by atoms with Gasteiger partial charge in [-0.15, -0.1) is 11.3 Å². The smallest absolute Gasteiger partial charge is 0.0349 e. The van der Waals surface area contributed by atoms with Crippen LogP contribution in [-0.2, 0) is 0 Å². The Kier molecular flexibility index (Phi) is 3.25. The van der Waals surface area contributed by atoms with Gasteiger partial charge in [0.25, 0.3) is 0 Å². The highest BCUT2D eigenvalue weighted by atomic mass is 32.1. The summed E-state index contributed by atoms with van der Waals surface area (Å²) in [5.74, 6) is 0. The molecule has 1 unspecified atom stereocenters. The Labute approximate surface area is 106 Å². The number of rotatable bonds is 2. The number of hydrogen-bond donors (Lipinski definition) is 1. The summed E-state index contributed by atoms with van der Waals surface area (Å²) in [6, 6.07) is 11.4. The van der Waals surface area contributed by atoms with Crippen molar-refractivity contribution in [2.24, 2.45) is 0 Å². The molecule has 2 heterocycles. The molecule has 1 nitrogen and oxygen atoms in total. The molecular weight excluding hydrogens is 226 g/mol. The molecule has 1 fully saturated rings. The normalized spacial score (nSPS) is 21.3. The zero-order valence-electron chi connectivity index (χ0n) is 9.86. The molecule has 1 aliphatic rings. The fourth-order valence-electron chi connectivity index (χ4n) is 2.34. The van der Waals surface area contributed by atoms with E-state index in [1.54, 1.807) is 0 Å². The van der Waals surface area contributed by atoms with E-state index < -0.39 is 0 Å². The van der Waals surface area contributed by atoms with E-state index in [0.717, 1.165) is 0 Å². The molecule has 1 aromatic carbocycles. The number of benzene rings is 1. The highest BCUT2D eigenvalue weighted by molar-refractivity contribution is 7.19. The lowest BCUT2D eigenvalue weighted by atomic mass is 10.0. The second-order valence-electron chi connectivity index (χ2n) is 4.60. The van der Waals surface area contributed by atoms with Crippen molar-refractivity contribution >= 4 is 27.5 Å². The minimum absolute atomic E-state index is 0.578. The molecule has 1 N–H and O–H groups in total. The second kappa shape index (κ2) is 5.03. The third-order valence-electron chi connectivity index (χ3n) is 3.29. The van der Waals surface area contributed by atoms with Crippen LogP contribution < -0.4 is 5.32 Å². The van der Waals surface area contributed by atoms with Gasteiger partial charge in [-0.25, -0.2) is 0 Å². The van der Waals surface area contributed by atoms with Crippen LogP contribution in [0.5, 0.6) is 0 Å². The van der Waals surface area contributed by atoms with Crippen molar-refractivity contribution in [3.63, 3.8) is 0 Å². The fourth-order valence-corrected chi connectivity index (χ4v) is 3.32. The first-order valence-electron chi connectivity index (χ1n) is 6.32. The number of fused-ring (bicyclic) bond motifs is 1. The maximum absolute atomic E-state index is 3.54. The van der Waals surface area contributed by atoms with Crippen LogP contribution >= 0.6 is 11.3 Å². The molecule has 2 aromatic rings. The average molecular weight is 243 g/mol. The fraction of sp³-hybridized carbons (Fsp3) is 0.333. The number of nitrogens with one attached hydrogen (secondary N) is 1. The van der Waals surface area contributed by atoms with Crippen molar-refractivity contribution in [1.29, 1.82) is 0 Å². The highest BCUT2D eigenvalue weighted by Gasteiger charge is 2.08. The maximum Gasteiger partial charge on any atom is 0.0349 e. The van der Waals surface area contributed by atoms with E-state index in [1.807, 2.05) is 11.3 Å². The molecule has 88 valence electrons. The van der Waals surface area contributed by atoms with Crippen LogP contribution in [-0.4, -0.2) is 12.6 Å². The van der Waals surface area contributed by atoms with Crippen LogP contribution in [0.1, 0.15) is 24.1 Å². The molecule has 2 heteroatoms. The minimum atomic E-state index is 0.578. The summed E-state index contributed by atoms with van der Waals surface area (Å²) < 4.78 is 1.38. The van der Waals surface area contributed by atoms with E-state index in [0.29, 0.717) is 6.04 Å². The van der Waals surface area contributed by atoms with Crippen molar-refractivity contribution < 1.29 is 0 Å². The number of thiophene rings is 1. The van der Waals surface area contributed by atoms with Gasteiger partial charge in [0, 0.05) is 15.6 Å². The molecular formula is C15H17NS. The summed E-state index contributed by atoms with van der Waals surface area (Å²) in [5.41, 5.74) is 0. The molecule has 1 aliphatic heterocycles. The van der Waals surface area contributed by atoms with Crippen molar-refractivity contribution in [3.05, 3.63) is 41.3 Å². The van der Waals surface area contributed by atoms with Gasteiger partial charge in [0.2, 0.25) is 0 Å². The van der Waals surface area contributed by atoms with E-state index >= 15 is 0 Å². The summed E-state index contributed by atoms with van der Waals surface area (Å²) in [4.78, 5) is 1.36. The summed E-state index contributed by atoms with van der Waals surface area (Å²) in [5, 5.41) is 4.90. The maximum atomic E-state index is 3.54. The van der Waals surface area contributed by atoms with E-state index in [-0.39, 0.29) is 0 Å². The van der Waals surface area contributed by atoms with Crippen LogP contribution in [0, 0.1) is 0 Å². The van der Waals surface area contributed by atoms with Gasteiger partial charge in [-0.1, -0.05) is 30.7 Å². The minimum Gasteiger partial charge on any atom is -0.311 e. The zero-order chi connectivity index (χ0) is 11.5. The summed E-state index contributed by atoms with van der Waals surface area (Å²) in [6.45, 7) is 1.17. The lowest BCUT2D eigenvalue weighted by Gasteiger charge is -2.19. The van der Waals surface area contributed by atoms with Gasteiger partial charge in [-0.3, -0.25) is 0 Å². The van der Waals surface area contributed by atoms with Crippen LogP contribution in [0.2, 0.25) is 0 Å². The lowest BCUT2D eigenvalue weighted by Crippen LogP contribution is -2.31. The van der Waals surface area contributed by atoms with Crippen LogP contribution in [0.25, 0.3) is 16.2 Å². The van der Waals surface area contributed by atoms with Crippen LogP contribution in [0.4, 0.5) is 0 Å². The third-order valence-corrected chi connectivity index (χ3v) is 4.37. The number of piperidine rings is 1. The van der Waals surface area contributed by atoms with E-state index in [4.69, 9.17) is 0 Å². The molecule has 0 aliphatic carbocycles. The Morgan fingerprint density at radius 1 is 1.24 bits per heavy atom. The summed E-state index contributed by atoms with van der Waals surface area (Å²) >= 11 is 1.87. The molecule has 0 radical (unpaired) electrons. The van der Waals surface area contributed by atoms with Gasteiger partial charge < -0.3 is 5.32 Å². The Balaban J connectivity index is 1.77. The predicted molar refractivity (Wildman–Crippen MR) is 76.5 cm³/mol. The van der Waals surface area contributed by atoms with Crippen molar-refractivity contribution in [3.8, 4) is 0 Å². The Bertz CT molecular complexity index is 487. The standard InChI is InChI=1S/C15H17NS/c1-2-7-15-12(5-1)11-14(17-15)9-8-13-6-3-4-10-16-13/h1-2,5,7-9,11,13,16H,3-4,6,10H2/b9-8+. The van der Waals surface area contributed by atoms with Crippen molar-refractivity contribution in [2.75, 3.05) is 6.54 Å². The topological polar surface area (TPSA) is 12.0 Å². The Hall–Kier alpha value is -1.12. The van der Waals surface area contributed by atoms with E-state index in [9.17, 15) is 0 Å². The molecule has 1 atom stereocenters. The monoisotopic (exact) mass is 243 g/mol. The molecule has 1 saturated heterocycles. The van der Waals surface area contributed by atoms with Gasteiger partial charge in [0.15, 0.2) is 0 Å². The predicted octanol–water partition coefficient (Wildman–Crippen LogP) is 4.06. The molecule has 0 amide bonds. The Morgan fingerprint density at radius 3 is 3.00 bits per heavy atom. The Morgan fingerprint density at radius 2 is 2.18 bits per heavy atom. The molecule has 0 spiro atoms. The molecule has 3 rings (SSSR count). The van der Waals surface area contributed by atoms with Crippen molar-refractivity contribution in [2.45, 2.75) is 25.3 Å².